The number of rotatable bonds is 5. The maximum Gasteiger partial charge on any atom is 0.328 e. The van der Waals surface area contributed by atoms with E-state index in [9.17, 15) is 14.4 Å². The highest BCUT2D eigenvalue weighted by Gasteiger charge is 2.12. The molecule has 3 aromatic heterocycles. The van der Waals surface area contributed by atoms with Gasteiger partial charge in [0, 0.05) is 18.5 Å². The second kappa shape index (κ2) is 6.60. The van der Waals surface area contributed by atoms with Crippen LogP contribution in [0.3, 0.4) is 0 Å². The molecule has 4 rings (SSSR count). The number of hydrogen-bond donors (Lipinski definition) is 2. The fourth-order valence-electron chi connectivity index (χ4n) is 2.76. The highest BCUT2D eigenvalue weighted by Crippen LogP contribution is 2.17. The van der Waals surface area contributed by atoms with E-state index >= 15 is 0 Å². The summed E-state index contributed by atoms with van der Waals surface area (Å²) in [6.45, 7) is 0.252. The Morgan fingerprint density at radius 1 is 1.27 bits per heavy atom. The lowest BCUT2D eigenvalue weighted by atomic mass is 10.1. The van der Waals surface area contributed by atoms with Crippen molar-refractivity contribution >= 4 is 38.4 Å². The Labute approximate surface area is 150 Å². The van der Waals surface area contributed by atoms with Crippen molar-refractivity contribution in [2.45, 2.75) is 13.0 Å². The van der Waals surface area contributed by atoms with Gasteiger partial charge in [-0.3, -0.25) is 14.2 Å². The van der Waals surface area contributed by atoms with E-state index < -0.39 is 5.69 Å². The molecule has 3 heterocycles. The van der Waals surface area contributed by atoms with Crippen LogP contribution in [0.15, 0.2) is 49.8 Å². The highest BCUT2D eigenvalue weighted by molar-refractivity contribution is 7.17. The summed E-state index contributed by atoms with van der Waals surface area (Å²) in [4.78, 5) is 39.1. The van der Waals surface area contributed by atoms with E-state index in [1.165, 1.54) is 11.3 Å². The number of thiophene rings is 1. The van der Waals surface area contributed by atoms with Crippen LogP contribution < -0.4 is 16.6 Å². The molecule has 9 heteroatoms. The minimum Gasteiger partial charge on any atom is -0.356 e. The van der Waals surface area contributed by atoms with Crippen LogP contribution in [0, 0.1) is 0 Å². The van der Waals surface area contributed by atoms with E-state index in [1.807, 2.05) is 18.2 Å². The largest absolute Gasteiger partial charge is 0.356 e. The number of H-pyrrole nitrogens is 1. The molecule has 0 unspecified atom stereocenters. The van der Waals surface area contributed by atoms with Crippen LogP contribution in [-0.2, 0) is 17.8 Å². The third kappa shape index (κ3) is 2.93. The van der Waals surface area contributed by atoms with Gasteiger partial charge in [0.15, 0.2) is 5.58 Å². The van der Waals surface area contributed by atoms with Crippen molar-refractivity contribution in [3.8, 4) is 0 Å². The van der Waals surface area contributed by atoms with Gasteiger partial charge in [-0.2, -0.15) is 0 Å². The molecule has 0 fully saturated rings. The normalized spacial score (nSPS) is 11.2. The first-order valence-corrected chi connectivity index (χ1v) is 8.82. The van der Waals surface area contributed by atoms with Gasteiger partial charge in [0.2, 0.25) is 5.91 Å². The Morgan fingerprint density at radius 3 is 3.00 bits per heavy atom. The second-order valence-electron chi connectivity index (χ2n) is 5.70. The predicted molar refractivity (Wildman–Crippen MR) is 97.4 cm³/mol. The first-order valence-electron chi connectivity index (χ1n) is 7.94. The molecule has 0 radical (unpaired) electrons. The molecule has 1 amide bonds. The van der Waals surface area contributed by atoms with Crippen molar-refractivity contribution < 1.29 is 9.32 Å². The zero-order valence-corrected chi connectivity index (χ0v) is 14.3. The minimum atomic E-state index is -0.488. The summed E-state index contributed by atoms with van der Waals surface area (Å²) < 4.78 is 6.75. The van der Waals surface area contributed by atoms with Crippen LogP contribution >= 0.6 is 11.3 Å². The molecular formula is C17H14N4O4S. The van der Waals surface area contributed by atoms with Crippen LogP contribution in [0.2, 0.25) is 0 Å². The van der Waals surface area contributed by atoms with Gasteiger partial charge in [-0.15, -0.1) is 11.3 Å². The predicted octanol–water partition coefficient (Wildman–Crippen LogP) is 1.25. The molecule has 2 N–H and O–H groups in total. The molecule has 132 valence electrons. The maximum absolute atomic E-state index is 12.3. The van der Waals surface area contributed by atoms with Gasteiger partial charge in [0.05, 0.1) is 11.9 Å². The van der Waals surface area contributed by atoms with Crippen molar-refractivity contribution in [2.24, 2.45) is 0 Å². The fourth-order valence-corrected chi connectivity index (χ4v) is 3.56. The van der Waals surface area contributed by atoms with Gasteiger partial charge in [-0.25, -0.2) is 4.79 Å². The highest BCUT2D eigenvalue weighted by atomic mass is 32.1. The smallest absolute Gasteiger partial charge is 0.328 e. The van der Waals surface area contributed by atoms with Gasteiger partial charge < -0.3 is 14.8 Å². The van der Waals surface area contributed by atoms with Gasteiger partial charge in [0.1, 0.15) is 10.4 Å². The molecule has 0 spiro atoms. The summed E-state index contributed by atoms with van der Waals surface area (Å²) in [5, 5.41) is 9.15. The average Bonchev–Trinajstić information content (AvgIpc) is 3.25. The molecule has 0 aliphatic heterocycles. The van der Waals surface area contributed by atoms with E-state index in [4.69, 9.17) is 4.52 Å². The van der Waals surface area contributed by atoms with Crippen molar-refractivity contribution in [2.75, 3.05) is 6.54 Å². The second-order valence-corrected chi connectivity index (χ2v) is 6.62. The number of aromatic amines is 1. The summed E-state index contributed by atoms with van der Waals surface area (Å²) in [5.41, 5.74) is 0.863. The molecule has 0 aliphatic rings. The Balaban J connectivity index is 1.43. The summed E-state index contributed by atoms with van der Waals surface area (Å²) >= 11 is 1.27. The number of hydrogen-bond acceptors (Lipinski definition) is 6. The summed E-state index contributed by atoms with van der Waals surface area (Å²) in [6.07, 6.45) is 0.0617. The van der Waals surface area contributed by atoms with E-state index in [1.54, 1.807) is 17.5 Å². The molecule has 0 aliphatic carbocycles. The maximum atomic E-state index is 12.3. The molecular weight excluding hydrogens is 356 g/mol. The molecule has 0 saturated heterocycles. The van der Waals surface area contributed by atoms with Crippen molar-refractivity contribution in [3.63, 3.8) is 0 Å². The Bertz CT molecular complexity index is 1220. The minimum absolute atomic E-state index is 0.0617. The quantitative estimate of drug-likeness (QED) is 0.549. The molecule has 0 saturated carbocycles. The first-order chi connectivity index (χ1) is 12.6. The number of benzene rings is 1. The lowest BCUT2D eigenvalue weighted by molar-refractivity contribution is -0.120. The van der Waals surface area contributed by atoms with Gasteiger partial charge in [-0.05, 0) is 23.6 Å². The molecule has 8 nitrogen and oxygen atoms in total. The lowest BCUT2D eigenvalue weighted by Gasteiger charge is -2.06. The van der Waals surface area contributed by atoms with Gasteiger partial charge in [0.25, 0.3) is 5.56 Å². The average molecular weight is 370 g/mol. The number of amides is 1. The third-order valence-electron chi connectivity index (χ3n) is 4.03. The van der Waals surface area contributed by atoms with Crippen LogP contribution in [-0.4, -0.2) is 27.2 Å². The molecule has 4 aromatic rings. The summed E-state index contributed by atoms with van der Waals surface area (Å²) in [5.74, 6) is -0.259. The number of carbonyl (C=O) groups excluding carboxylic acids is 1. The zero-order valence-electron chi connectivity index (χ0n) is 13.5. The van der Waals surface area contributed by atoms with Gasteiger partial charge in [-0.1, -0.05) is 17.3 Å². The monoisotopic (exact) mass is 370 g/mol. The molecule has 1 aromatic carbocycles. The van der Waals surface area contributed by atoms with Crippen molar-refractivity contribution in [1.82, 2.24) is 20.0 Å². The van der Waals surface area contributed by atoms with Crippen LogP contribution in [0.25, 0.3) is 21.2 Å². The number of carbonyl (C=O) groups is 1. The number of para-hydroxylation sites is 1. The third-order valence-corrected chi connectivity index (χ3v) is 4.93. The van der Waals surface area contributed by atoms with Crippen LogP contribution in [0.1, 0.15) is 5.69 Å². The van der Waals surface area contributed by atoms with E-state index in [0.29, 0.717) is 21.5 Å². The van der Waals surface area contributed by atoms with Crippen molar-refractivity contribution in [3.05, 3.63) is 62.2 Å². The number of nitrogens with one attached hydrogen (secondary N) is 2. The zero-order chi connectivity index (χ0) is 18.1. The molecule has 26 heavy (non-hydrogen) atoms. The summed E-state index contributed by atoms with van der Waals surface area (Å²) in [7, 11) is 0. The van der Waals surface area contributed by atoms with Gasteiger partial charge >= 0.3 is 5.69 Å². The summed E-state index contributed by atoms with van der Waals surface area (Å²) in [6, 6.07) is 8.99. The topological polar surface area (TPSA) is 110 Å². The van der Waals surface area contributed by atoms with E-state index in [-0.39, 0.29) is 31.0 Å². The Hall–Kier alpha value is -3.20. The van der Waals surface area contributed by atoms with Crippen LogP contribution in [0.5, 0.6) is 0 Å². The van der Waals surface area contributed by atoms with E-state index in [0.717, 1.165) is 9.95 Å². The molecule has 0 atom stereocenters. The number of fused-ring (bicyclic) bond motifs is 2. The standard InChI is InChI=1S/C17H14N4O4S/c22-14(9-12-10-3-1-2-4-13(10)25-20-12)18-6-7-21-16(23)15-11(5-8-26-15)19-17(21)24/h1-5,8H,6-7,9H2,(H,18,22)(H,19,24). The van der Waals surface area contributed by atoms with Crippen molar-refractivity contribution in [1.29, 1.82) is 0 Å². The number of aromatic nitrogens is 3. The Morgan fingerprint density at radius 2 is 2.12 bits per heavy atom. The first kappa shape index (κ1) is 16.3. The van der Waals surface area contributed by atoms with Crippen LogP contribution in [0.4, 0.5) is 0 Å². The van der Waals surface area contributed by atoms with E-state index in [2.05, 4.69) is 15.5 Å². The molecule has 0 bridgehead atoms. The SMILES string of the molecule is O=C(Cc1noc2ccccc12)NCCn1c(=O)[nH]c2ccsc2c1=O. The fraction of sp³-hybridized carbons (Fsp3) is 0.176. The Kier molecular flexibility index (Phi) is 4.13. The number of nitrogens with zero attached hydrogens (tertiary/aromatic N) is 2. The lowest BCUT2D eigenvalue weighted by Crippen LogP contribution is -2.39.